The smallest absolute Gasteiger partial charge is 0.343 e. The van der Waals surface area contributed by atoms with Crippen molar-refractivity contribution in [2.75, 3.05) is 0 Å². The Morgan fingerprint density at radius 3 is 2.90 bits per heavy atom. The minimum Gasteiger partial charge on any atom is -0.458 e. The highest BCUT2D eigenvalue weighted by Crippen LogP contribution is 2.38. The quantitative estimate of drug-likeness (QED) is 0.385. The summed E-state index contributed by atoms with van der Waals surface area (Å²) in [5.41, 5.74) is 7.13. The van der Waals surface area contributed by atoms with Gasteiger partial charge in [0, 0.05) is 22.6 Å². The number of hydrogen-bond acceptors (Lipinski definition) is 6. The lowest BCUT2D eigenvalue weighted by Gasteiger charge is -2.31. The zero-order valence-electron chi connectivity index (χ0n) is 16.7. The van der Waals surface area contributed by atoms with Gasteiger partial charge in [0.05, 0.1) is 29.0 Å². The molecule has 2 aliphatic heterocycles. The van der Waals surface area contributed by atoms with Gasteiger partial charge in [0.2, 0.25) is 5.91 Å². The third-order valence-corrected chi connectivity index (χ3v) is 6.01. The summed E-state index contributed by atoms with van der Waals surface area (Å²) in [5, 5.41) is 11.8. The Morgan fingerprint density at radius 2 is 2.16 bits per heavy atom. The second-order valence-corrected chi connectivity index (χ2v) is 7.75. The van der Waals surface area contributed by atoms with Crippen molar-refractivity contribution in [1.29, 1.82) is 0 Å². The number of benzene rings is 1. The third kappa shape index (κ3) is 2.72. The minimum absolute atomic E-state index is 0.0926. The van der Waals surface area contributed by atoms with Crippen molar-refractivity contribution < 1.29 is 19.4 Å². The average molecular weight is 417 g/mol. The summed E-state index contributed by atoms with van der Waals surface area (Å²) in [6, 6.07) is 9.14. The number of ether oxygens (including phenoxy) is 1. The molecule has 1 aromatic carbocycles. The van der Waals surface area contributed by atoms with Crippen molar-refractivity contribution in [2.24, 2.45) is 5.73 Å². The number of cyclic esters (lactones) is 1. The normalized spacial score (nSPS) is 19.2. The average Bonchev–Trinajstić information content (AvgIpc) is 3.11. The van der Waals surface area contributed by atoms with Crippen LogP contribution in [0.25, 0.3) is 28.4 Å². The number of esters is 1. The molecule has 0 fully saturated rings. The van der Waals surface area contributed by atoms with Gasteiger partial charge in [-0.15, -0.1) is 0 Å². The van der Waals surface area contributed by atoms with Crippen LogP contribution in [0.3, 0.4) is 0 Å². The fourth-order valence-electron chi connectivity index (χ4n) is 4.34. The van der Waals surface area contributed by atoms with Gasteiger partial charge in [0.1, 0.15) is 6.61 Å². The van der Waals surface area contributed by atoms with Crippen molar-refractivity contribution in [3.05, 3.63) is 69.0 Å². The largest absolute Gasteiger partial charge is 0.458 e. The number of aromatic nitrogens is 2. The maximum absolute atomic E-state index is 13.2. The predicted octanol–water partition coefficient (Wildman–Crippen LogP) is 1.58. The molecule has 2 aliphatic rings. The van der Waals surface area contributed by atoms with Gasteiger partial charge in [-0.05, 0) is 36.3 Å². The van der Waals surface area contributed by atoms with Crippen molar-refractivity contribution >= 4 is 28.9 Å². The number of nitrogens with two attached hydrogens (primary N) is 1. The fraction of sp³-hybridized carbons (Fsp3) is 0.217. The van der Waals surface area contributed by atoms with Crippen LogP contribution >= 0.6 is 0 Å². The number of hydrogen-bond donors (Lipinski definition) is 2. The van der Waals surface area contributed by atoms with Gasteiger partial charge in [-0.25, -0.2) is 9.78 Å². The molecule has 0 saturated carbocycles. The van der Waals surface area contributed by atoms with Gasteiger partial charge < -0.3 is 20.1 Å². The molecule has 0 unspecified atom stereocenters. The van der Waals surface area contributed by atoms with Gasteiger partial charge in [-0.1, -0.05) is 19.1 Å². The fourth-order valence-corrected chi connectivity index (χ4v) is 4.34. The first-order valence-electron chi connectivity index (χ1n) is 9.91. The Bertz CT molecular complexity index is 1390. The molecule has 8 heteroatoms. The number of nitrogens with zero attached hydrogens (tertiary/aromatic N) is 2. The zero-order valence-corrected chi connectivity index (χ0v) is 16.7. The molecule has 3 aromatic rings. The first kappa shape index (κ1) is 19.2. The van der Waals surface area contributed by atoms with E-state index in [0.717, 1.165) is 16.5 Å². The molecule has 0 bridgehead atoms. The Labute approximate surface area is 176 Å². The lowest BCUT2D eigenvalue weighted by Crippen LogP contribution is -2.44. The molecule has 0 aliphatic carbocycles. The van der Waals surface area contributed by atoms with Crippen molar-refractivity contribution in [2.45, 2.75) is 32.1 Å². The zero-order chi connectivity index (χ0) is 21.9. The molecule has 0 spiro atoms. The second-order valence-electron chi connectivity index (χ2n) is 7.75. The molecule has 4 heterocycles. The lowest BCUT2D eigenvalue weighted by atomic mass is 9.86. The number of primary amides is 1. The molecule has 3 N–H and O–H groups in total. The molecule has 2 aromatic heterocycles. The van der Waals surface area contributed by atoms with Crippen LogP contribution in [0.2, 0.25) is 0 Å². The van der Waals surface area contributed by atoms with Gasteiger partial charge in [0.25, 0.3) is 5.56 Å². The summed E-state index contributed by atoms with van der Waals surface area (Å²) < 4.78 is 6.68. The van der Waals surface area contributed by atoms with Crippen LogP contribution in [-0.4, -0.2) is 26.5 Å². The SMILES string of the molecule is CC[C@@]1(O)C(=O)OCc2c1cc1n(c2=O)Cc2cc3c(C=CC(N)=O)cccc3nc2-1. The van der Waals surface area contributed by atoms with Gasteiger partial charge >= 0.3 is 5.97 Å². The van der Waals surface area contributed by atoms with Crippen LogP contribution in [0.15, 0.2) is 41.2 Å². The molecule has 31 heavy (non-hydrogen) atoms. The van der Waals surface area contributed by atoms with E-state index in [9.17, 15) is 19.5 Å². The molecule has 0 radical (unpaired) electrons. The van der Waals surface area contributed by atoms with E-state index >= 15 is 0 Å². The summed E-state index contributed by atoms with van der Waals surface area (Å²) in [5.74, 6) is -1.29. The monoisotopic (exact) mass is 417 g/mol. The molecule has 0 saturated heterocycles. The topological polar surface area (TPSA) is 125 Å². The van der Waals surface area contributed by atoms with Gasteiger partial charge in [0.15, 0.2) is 5.60 Å². The van der Waals surface area contributed by atoms with Gasteiger partial charge in [-0.2, -0.15) is 0 Å². The highest BCUT2D eigenvalue weighted by atomic mass is 16.6. The van der Waals surface area contributed by atoms with Crippen LogP contribution in [0.5, 0.6) is 0 Å². The summed E-state index contributed by atoms with van der Waals surface area (Å²) in [6.45, 7) is 1.82. The van der Waals surface area contributed by atoms with Crippen molar-refractivity contribution in [1.82, 2.24) is 9.55 Å². The number of fused-ring (bicyclic) bond motifs is 5. The van der Waals surface area contributed by atoms with Crippen LogP contribution in [0, 0.1) is 0 Å². The van der Waals surface area contributed by atoms with E-state index in [1.54, 1.807) is 23.6 Å². The van der Waals surface area contributed by atoms with E-state index in [-0.39, 0.29) is 29.7 Å². The van der Waals surface area contributed by atoms with Crippen LogP contribution in [0.4, 0.5) is 0 Å². The number of rotatable bonds is 3. The Hall–Kier alpha value is -3.78. The molecule has 5 rings (SSSR count). The maximum Gasteiger partial charge on any atom is 0.343 e. The molecule has 1 atom stereocenters. The highest BCUT2D eigenvalue weighted by Gasteiger charge is 2.45. The number of amides is 1. The lowest BCUT2D eigenvalue weighted by molar-refractivity contribution is -0.172. The molecule has 8 nitrogen and oxygen atoms in total. The van der Waals surface area contributed by atoms with E-state index in [2.05, 4.69) is 0 Å². The van der Waals surface area contributed by atoms with E-state index in [0.29, 0.717) is 23.4 Å². The summed E-state index contributed by atoms with van der Waals surface area (Å²) in [4.78, 5) is 41.3. The summed E-state index contributed by atoms with van der Waals surface area (Å²) in [6.07, 6.45) is 3.02. The first-order chi connectivity index (χ1) is 14.8. The molecular formula is C23H19N3O5. The van der Waals surface area contributed by atoms with Crippen LogP contribution < -0.4 is 11.3 Å². The first-order valence-corrected chi connectivity index (χ1v) is 9.91. The molecule has 156 valence electrons. The van der Waals surface area contributed by atoms with Crippen LogP contribution in [0.1, 0.15) is 35.6 Å². The Kier molecular flexibility index (Phi) is 4.10. The van der Waals surface area contributed by atoms with E-state index < -0.39 is 17.5 Å². The molecule has 1 amide bonds. The molecular weight excluding hydrogens is 398 g/mol. The second kappa shape index (κ2) is 6.61. The van der Waals surface area contributed by atoms with Crippen molar-refractivity contribution in [3.8, 4) is 11.4 Å². The standard InChI is InChI=1S/C23H19N3O5/c1-2-23(30)16-9-18-20-13(10-26(18)21(28)15(16)11-31-22(23)29)8-14-12(6-7-19(24)27)4-3-5-17(14)25-20/h3-9,30H,2,10-11H2,1H3,(H2,24,27)/t23-/m0/s1. The third-order valence-electron chi connectivity index (χ3n) is 6.01. The van der Waals surface area contributed by atoms with Crippen LogP contribution in [-0.2, 0) is 33.1 Å². The van der Waals surface area contributed by atoms with Crippen molar-refractivity contribution in [3.63, 3.8) is 0 Å². The summed E-state index contributed by atoms with van der Waals surface area (Å²) >= 11 is 0. The maximum atomic E-state index is 13.2. The Balaban J connectivity index is 1.73. The van der Waals surface area contributed by atoms with E-state index in [1.807, 2.05) is 24.3 Å². The predicted molar refractivity (Wildman–Crippen MR) is 113 cm³/mol. The highest BCUT2D eigenvalue weighted by molar-refractivity contribution is 5.96. The van der Waals surface area contributed by atoms with E-state index in [4.69, 9.17) is 15.5 Å². The van der Waals surface area contributed by atoms with E-state index in [1.165, 1.54) is 6.08 Å². The number of pyridine rings is 2. The number of carbonyl (C=O) groups is 2. The van der Waals surface area contributed by atoms with Gasteiger partial charge in [-0.3, -0.25) is 9.59 Å². The number of aliphatic hydroxyl groups is 1. The Morgan fingerprint density at radius 1 is 1.35 bits per heavy atom. The minimum atomic E-state index is -1.85. The summed E-state index contributed by atoms with van der Waals surface area (Å²) in [7, 11) is 0. The number of carbonyl (C=O) groups excluding carboxylic acids is 2.